The summed E-state index contributed by atoms with van der Waals surface area (Å²) in [6.45, 7) is 0.130. The number of hydrogen-bond acceptors (Lipinski definition) is 6. The second-order valence-corrected chi connectivity index (χ2v) is 4.09. The Morgan fingerprint density at radius 2 is 2.00 bits per heavy atom. The van der Waals surface area contributed by atoms with Gasteiger partial charge in [-0.25, -0.2) is 12.0 Å². The maximum atomic E-state index is 9.88. The first-order chi connectivity index (χ1) is 5.56. The fourth-order valence-electron chi connectivity index (χ4n) is 0.543. The summed E-state index contributed by atoms with van der Waals surface area (Å²) in [5.41, 5.74) is 0. The largest absolute Gasteiger partial charge is 0.725 e. The van der Waals surface area contributed by atoms with E-state index in [2.05, 4.69) is 3.63 Å². The minimum atomic E-state index is -4.55. The van der Waals surface area contributed by atoms with Gasteiger partial charge in [-0.1, -0.05) is 6.42 Å². The van der Waals surface area contributed by atoms with Gasteiger partial charge in [-0.05, 0) is 12.8 Å². The molecule has 0 aliphatic rings. The van der Waals surface area contributed by atoms with Crippen molar-refractivity contribution < 1.29 is 21.7 Å². The predicted molar refractivity (Wildman–Crippen MR) is 44.2 cm³/mol. The van der Waals surface area contributed by atoms with Crippen LogP contribution in [0.25, 0.3) is 0 Å². The van der Waals surface area contributed by atoms with Crippen LogP contribution < -0.4 is 0 Å². The van der Waals surface area contributed by atoms with Crippen molar-refractivity contribution in [2.24, 2.45) is 0 Å². The zero-order valence-corrected chi connectivity index (χ0v) is 8.07. The number of hydrogen-bond donors (Lipinski definition) is 1. The zero-order valence-electron chi connectivity index (χ0n) is 6.43. The molecule has 0 bridgehead atoms. The first-order valence-electron chi connectivity index (χ1n) is 3.44. The third kappa shape index (κ3) is 10.2. The quantitative estimate of drug-likeness (QED) is 0.284. The van der Waals surface area contributed by atoms with Crippen molar-refractivity contribution in [3.63, 3.8) is 0 Å². The minimum absolute atomic E-state index is 0.130. The average Bonchev–Trinajstić information content (AvgIpc) is 1.94. The van der Waals surface area contributed by atoms with E-state index < -0.39 is 10.4 Å². The van der Waals surface area contributed by atoms with E-state index in [-0.39, 0.29) is 6.61 Å². The first-order valence-corrected chi connectivity index (χ1v) is 5.68. The van der Waals surface area contributed by atoms with Crippen LogP contribution >= 0.6 is 12.0 Å². The van der Waals surface area contributed by atoms with Crippen molar-refractivity contribution in [2.75, 3.05) is 12.4 Å². The molecular formula is C5H11O5S2-. The van der Waals surface area contributed by atoms with Crippen molar-refractivity contribution in [3.8, 4) is 0 Å². The van der Waals surface area contributed by atoms with E-state index in [4.69, 9.17) is 5.11 Å². The summed E-state index contributed by atoms with van der Waals surface area (Å²) in [5.74, 6) is 0.446. The molecule has 0 saturated carbocycles. The molecule has 0 heterocycles. The van der Waals surface area contributed by atoms with Crippen molar-refractivity contribution >= 4 is 22.4 Å². The van der Waals surface area contributed by atoms with Gasteiger partial charge in [0.2, 0.25) is 10.4 Å². The third-order valence-corrected chi connectivity index (χ3v) is 2.52. The van der Waals surface area contributed by atoms with Crippen LogP contribution in [-0.2, 0) is 14.0 Å². The molecule has 0 atom stereocenters. The maximum Gasteiger partial charge on any atom is 0.228 e. The van der Waals surface area contributed by atoms with Gasteiger partial charge in [0.1, 0.15) is 0 Å². The summed E-state index contributed by atoms with van der Waals surface area (Å²) in [5, 5.41) is 8.37. The minimum Gasteiger partial charge on any atom is -0.725 e. The standard InChI is InChI=1S/C5H12O5S2/c6-4-2-1-3-5-11-10-12(7,8)9/h6H,1-5H2,(H,7,8,9)/p-1. The Kier molecular flexibility index (Phi) is 6.77. The molecule has 0 aromatic rings. The van der Waals surface area contributed by atoms with Crippen LogP contribution in [0.15, 0.2) is 0 Å². The van der Waals surface area contributed by atoms with E-state index in [1.165, 1.54) is 0 Å². The van der Waals surface area contributed by atoms with Gasteiger partial charge in [0, 0.05) is 24.4 Å². The smallest absolute Gasteiger partial charge is 0.228 e. The van der Waals surface area contributed by atoms with Gasteiger partial charge in [0.25, 0.3) is 0 Å². The summed E-state index contributed by atoms with van der Waals surface area (Å²) in [7, 11) is -4.55. The van der Waals surface area contributed by atoms with Gasteiger partial charge in [0.05, 0.1) is 0 Å². The summed E-state index contributed by atoms with van der Waals surface area (Å²) >= 11 is 0.629. The molecule has 5 nitrogen and oxygen atoms in total. The van der Waals surface area contributed by atoms with Gasteiger partial charge in [-0.3, -0.25) is 0 Å². The van der Waals surface area contributed by atoms with Crippen LogP contribution in [0.5, 0.6) is 0 Å². The van der Waals surface area contributed by atoms with Crippen molar-refractivity contribution in [1.82, 2.24) is 0 Å². The molecule has 0 fully saturated rings. The molecule has 74 valence electrons. The van der Waals surface area contributed by atoms with Crippen molar-refractivity contribution in [3.05, 3.63) is 0 Å². The average molecular weight is 215 g/mol. The van der Waals surface area contributed by atoms with Crippen LogP contribution in [0.2, 0.25) is 0 Å². The summed E-state index contributed by atoms with van der Waals surface area (Å²) < 4.78 is 33.5. The fourth-order valence-corrected chi connectivity index (χ4v) is 1.61. The molecule has 0 unspecified atom stereocenters. The van der Waals surface area contributed by atoms with E-state index in [1.807, 2.05) is 0 Å². The van der Waals surface area contributed by atoms with Gasteiger partial charge >= 0.3 is 0 Å². The Morgan fingerprint density at radius 3 is 2.50 bits per heavy atom. The van der Waals surface area contributed by atoms with Crippen molar-refractivity contribution in [2.45, 2.75) is 19.3 Å². The van der Waals surface area contributed by atoms with E-state index in [9.17, 15) is 13.0 Å². The SMILES string of the molecule is O=S(=O)([O-])OSCCCCCO. The molecule has 0 aliphatic heterocycles. The molecule has 0 aromatic carbocycles. The molecule has 0 saturated heterocycles. The lowest BCUT2D eigenvalue weighted by Gasteiger charge is -2.04. The lowest BCUT2D eigenvalue weighted by atomic mass is 10.3. The van der Waals surface area contributed by atoms with Gasteiger partial charge in [-0.15, -0.1) is 0 Å². The topological polar surface area (TPSA) is 86.7 Å². The Morgan fingerprint density at radius 1 is 1.33 bits per heavy atom. The van der Waals surface area contributed by atoms with E-state index in [0.29, 0.717) is 24.2 Å². The highest BCUT2D eigenvalue weighted by atomic mass is 32.3. The first kappa shape index (κ1) is 12.2. The van der Waals surface area contributed by atoms with Gasteiger partial charge < -0.3 is 9.66 Å². The maximum absolute atomic E-state index is 9.88. The third-order valence-electron chi connectivity index (χ3n) is 1.02. The second-order valence-electron chi connectivity index (χ2n) is 2.08. The fraction of sp³-hybridized carbons (Fsp3) is 1.00. The molecule has 12 heavy (non-hydrogen) atoms. The Balaban J connectivity index is 3.12. The molecule has 1 N–H and O–H groups in total. The Hall–Kier alpha value is 0.180. The monoisotopic (exact) mass is 215 g/mol. The van der Waals surface area contributed by atoms with Crippen LogP contribution in [0.4, 0.5) is 0 Å². The highest BCUT2D eigenvalue weighted by Gasteiger charge is 1.95. The van der Waals surface area contributed by atoms with Crippen molar-refractivity contribution in [1.29, 1.82) is 0 Å². The van der Waals surface area contributed by atoms with Crippen LogP contribution in [0.3, 0.4) is 0 Å². The van der Waals surface area contributed by atoms with E-state index in [1.54, 1.807) is 0 Å². The molecule has 0 aromatic heterocycles. The zero-order chi connectivity index (χ0) is 9.45. The molecule has 0 spiro atoms. The molecular weight excluding hydrogens is 204 g/mol. The Labute approximate surface area is 76.3 Å². The molecule has 0 aliphatic carbocycles. The molecule has 0 radical (unpaired) electrons. The van der Waals surface area contributed by atoms with E-state index in [0.717, 1.165) is 12.8 Å². The highest BCUT2D eigenvalue weighted by molar-refractivity contribution is 8.02. The summed E-state index contributed by atoms with van der Waals surface area (Å²) in [4.78, 5) is 0. The molecule has 0 amide bonds. The van der Waals surface area contributed by atoms with Gasteiger partial charge in [-0.2, -0.15) is 0 Å². The van der Waals surface area contributed by atoms with Gasteiger partial charge in [0.15, 0.2) is 0 Å². The second kappa shape index (κ2) is 6.67. The van der Waals surface area contributed by atoms with E-state index >= 15 is 0 Å². The van der Waals surface area contributed by atoms with Crippen LogP contribution in [0, 0.1) is 0 Å². The molecule has 0 rings (SSSR count). The summed E-state index contributed by atoms with van der Waals surface area (Å²) in [6, 6.07) is 0. The predicted octanol–water partition coefficient (Wildman–Crippen LogP) is 0.274. The Bertz CT molecular complexity index is 188. The number of unbranched alkanes of at least 4 members (excludes halogenated alkanes) is 2. The van der Waals surface area contributed by atoms with Crippen LogP contribution in [-0.4, -0.2) is 30.4 Å². The summed E-state index contributed by atoms with van der Waals surface area (Å²) in [6.07, 6.45) is 2.21. The van der Waals surface area contributed by atoms with Crippen LogP contribution in [0.1, 0.15) is 19.3 Å². The normalized spacial score (nSPS) is 11.8. The number of aliphatic hydroxyl groups is 1. The highest BCUT2D eigenvalue weighted by Crippen LogP contribution is 2.09. The lowest BCUT2D eigenvalue weighted by molar-refractivity contribution is 0.284. The number of aliphatic hydroxyl groups excluding tert-OH is 1. The lowest BCUT2D eigenvalue weighted by Crippen LogP contribution is -1.98. The molecule has 7 heteroatoms. The number of rotatable bonds is 7.